The van der Waals surface area contributed by atoms with Crippen molar-refractivity contribution in [3.63, 3.8) is 0 Å². The molecule has 0 heterocycles. The Labute approximate surface area is 64.0 Å². The Bertz CT molecular complexity index is 100. The lowest BCUT2D eigenvalue weighted by atomic mass is 9.85. The predicted octanol–water partition coefficient (Wildman–Crippen LogP) is 1.24. The van der Waals surface area contributed by atoms with E-state index >= 15 is 0 Å². The van der Waals surface area contributed by atoms with E-state index in [1.54, 1.807) is 0 Å². The summed E-state index contributed by atoms with van der Waals surface area (Å²) < 4.78 is 0. The Balaban J connectivity index is 3.89. The molecule has 2 nitrogen and oxygen atoms in total. The van der Waals surface area contributed by atoms with Crippen molar-refractivity contribution in [2.24, 2.45) is 11.5 Å². The SMILES string of the molecule is CCC(C)(N)CC(C)(C)N. The van der Waals surface area contributed by atoms with Gasteiger partial charge in [-0.2, -0.15) is 0 Å². The van der Waals surface area contributed by atoms with Gasteiger partial charge in [-0.1, -0.05) is 6.92 Å². The van der Waals surface area contributed by atoms with Gasteiger partial charge in [-0.15, -0.1) is 0 Å². The lowest BCUT2D eigenvalue weighted by Crippen LogP contribution is -2.46. The average molecular weight is 144 g/mol. The van der Waals surface area contributed by atoms with E-state index in [4.69, 9.17) is 11.5 Å². The van der Waals surface area contributed by atoms with E-state index in [-0.39, 0.29) is 11.1 Å². The van der Waals surface area contributed by atoms with Crippen molar-refractivity contribution in [1.29, 1.82) is 0 Å². The van der Waals surface area contributed by atoms with Gasteiger partial charge in [-0.3, -0.25) is 0 Å². The van der Waals surface area contributed by atoms with Crippen LogP contribution in [-0.4, -0.2) is 11.1 Å². The van der Waals surface area contributed by atoms with Crippen molar-refractivity contribution in [1.82, 2.24) is 0 Å². The van der Waals surface area contributed by atoms with E-state index < -0.39 is 0 Å². The maximum atomic E-state index is 5.92. The molecule has 0 radical (unpaired) electrons. The molecule has 10 heavy (non-hydrogen) atoms. The van der Waals surface area contributed by atoms with Gasteiger partial charge in [-0.05, 0) is 33.6 Å². The maximum absolute atomic E-state index is 5.92. The molecule has 0 fully saturated rings. The zero-order chi connectivity index (χ0) is 8.41. The van der Waals surface area contributed by atoms with Crippen molar-refractivity contribution in [2.45, 2.75) is 51.6 Å². The zero-order valence-corrected chi connectivity index (χ0v) is 7.57. The second-order valence-corrected chi connectivity index (χ2v) is 4.17. The summed E-state index contributed by atoms with van der Waals surface area (Å²) in [5, 5.41) is 0. The summed E-state index contributed by atoms with van der Waals surface area (Å²) in [5.41, 5.74) is 11.5. The third-order valence-electron chi connectivity index (χ3n) is 1.67. The third kappa shape index (κ3) is 4.77. The Morgan fingerprint density at radius 1 is 1.10 bits per heavy atom. The summed E-state index contributed by atoms with van der Waals surface area (Å²) in [6, 6.07) is 0. The maximum Gasteiger partial charge on any atom is 0.0140 e. The first-order valence-electron chi connectivity index (χ1n) is 3.85. The van der Waals surface area contributed by atoms with Crippen LogP contribution in [0.25, 0.3) is 0 Å². The van der Waals surface area contributed by atoms with E-state index in [2.05, 4.69) is 6.92 Å². The Morgan fingerprint density at radius 2 is 1.50 bits per heavy atom. The van der Waals surface area contributed by atoms with Crippen molar-refractivity contribution < 1.29 is 0 Å². The first kappa shape index (κ1) is 9.92. The highest BCUT2D eigenvalue weighted by Crippen LogP contribution is 2.17. The zero-order valence-electron chi connectivity index (χ0n) is 7.57. The molecule has 0 saturated carbocycles. The van der Waals surface area contributed by atoms with Crippen molar-refractivity contribution in [3.8, 4) is 0 Å². The molecule has 0 bridgehead atoms. The average Bonchev–Trinajstić information content (AvgIpc) is 1.60. The summed E-state index contributed by atoms with van der Waals surface area (Å²) in [5.74, 6) is 0. The highest BCUT2D eigenvalue weighted by atomic mass is 14.8. The largest absolute Gasteiger partial charge is 0.325 e. The molecule has 0 aliphatic heterocycles. The highest BCUT2D eigenvalue weighted by Gasteiger charge is 2.23. The van der Waals surface area contributed by atoms with Crippen LogP contribution in [-0.2, 0) is 0 Å². The van der Waals surface area contributed by atoms with Crippen LogP contribution in [0.1, 0.15) is 40.5 Å². The van der Waals surface area contributed by atoms with E-state index in [1.807, 2.05) is 20.8 Å². The fraction of sp³-hybridized carbons (Fsp3) is 1.00. The Kier molecular flexibility index (Phi) is 2.86. The van der Waals surface area contributed by atoms with Gasteiger partial charge in [0.05, 0.1) is 0 Å². The van der Waals surface area contributed by atoms with Crippen LogP contribution >= 0.6 is 0 Å². The summed E-state index contributed by atoms with van der Waals surface area (Å²) in [4.78, 5) is 0. The van der Waals surface area contributed by atoms with Crippen LogP contribution in [0.5, 0.6) is 0 Å². The second-order valence-electron chi connectivity index (χ2n) is 4.17. The van der Waals surface area contributed by atoms with Crippen molar-refractivity contribution >= 4 is 0 Å². The number of nitrogens with two attached hydrogens (primary N) is 2. The van der Waals surface area contributed by atoms with Crippen LogP contribution in [0.2, 0.25) is 0 Å². The first-order valence-corrected chi connectivity index (χ1v) is 3.85. The lowest BCUT2D eigenvalue weighted by molar-refractivity contribution is 0.321. The molecular weight excluding hydrogens is 124 g/mol. The minimum atomic E-state index is -0.139. The van der Waals surface area contributed by atoms with Crippen LogP contribution in [0.3, 0.4) is 0 Å². The molecule has 0 amide bonds. The van der Waals surface area contributed by atoms with E-state index in [1.165, 1.54) is 0 Å². The number of hydrogen-bond donors (Lipinski definition) is 2. The van der Waals surface area contributed by atoms with Crippen LogP contribution in [0.4, 0.5) is 0 Å². The molecule has 1 atom stereocenters. The fourth-order valence-corrected chi connectivity index (χ4v) is 1.17. The molecule has 0 saturated heterocycles. The van der Waals surface area contributed by atoms with Gasteiger partial charge in [0.1, 0.15) is 0 Å². The van der Waals surface area contributed by atoms with Crippen molar-refractivity contribution in [3.05, 3.63) is 0 Å². The second kappa shape index (κ2) is 2.89. The number of hydrogen-bond acceptors (Lipinski definition) is 2. The standard InChI is InChI=1S/C8H20N2/c1-5-8(4,10)6-7(2,3)9/h5-6,9-10H2,1-4H3. The van der Waals surface area contributed by atoms with Gasteiger partial charge >= 0.3 is 0 Å². The Morgan fingerprint density at radius 3 is 1.60 bits per heavy atom. The van der Waals surface area contributed by atoms with E-state index in [9.17, 15) is 0 Å². The van der Waals surface area contributed by atoms with Gasteiger partial charge in [0, 0.05) is 11.1 Å². The topological polar surface area (TPSA) is 52.0 Å². The van der Waals surface area contributed by atoms with Gasteiger partial charge in [0.15, 0.2) is 0 Å². The molecule has 62 valence electrons. The summed E-state index contributed by atoms with van der Waals surface area (Å²) in [6.07, 6.45) is 1.85. The molecule has 2 heteroatoms. The molecule has 0 aliphatic rings. The minimum Gasteiger partial charge on any atom is -0.325 e. The molecular formula is C8H20N2. The van der Waals surface area contributed by atoms with E-state index in [0.717, 1.165) is 12.8 Å². The molecule has 0 aromatic rings. The molecule has 0 aromatic carbocycles. The summed E-state index contributed by atoms with van der Waals surface area (Å²) >= 11 is 0. The fourth-order valence-electron chi connectivity index (χ4n) is 1.17. The monoisotopic (exact) mass is 144 g/mol. The van der Waals surface area contributed by atoms with E-state index in [0.29, 0.717) is 0 Å². The summed E-state index contributed by atoms with van der Waals surface area (Å²) in [6.45, 7) is 8.15. The molecule has 4 N–H and O–H groups in total. The number of rotatable bonds is 3. The van der Waals surface area contributed by atoms with Gasteiger partial charge in [0.25, 0.3) is 0 Å². The molecule has 0 aromatic heterocycles. The highest BCUT2D eigenvalue weighted by molar-refractivity contribution is 4.87. The smallest absolute Gasteiger partial charge is 0.0140 e. The molecule has 1 unspecified atom stereocenters. The molecule has 0 aliphatic carbocycles. The third-order valence-corrected chi connectivity index (χ3v) is 1.67. The van der Waals surface area contributed by atoms with Gasteiger partial charge in [0.2, 0.25) is 0 Å². The Hall–Kier alpha value is -0.0800. The predicted molar refractivity (Wildman–Crippen MR) is 45.8 cm³/mol. The van der Waals surface area contributed by atoms with Crippen LogP contribution in [0, 0.1) is 0 Å². The van der Waals surface area contributed by atoms with Gasteiger partial charge < -0.3 is 11.5 Å². The normalized spacial score (nSPS) is 18.6. The minimum absolute atomic E-state index is 0.0990. The first-order chi connectivity index (χ1) is 4.27. The quantitative estimate of drug-likeness (QED) is 0.626. The van der Waals surface area contributed by atoms with Gasteiger partial charge in [-0.25, -0.2) is 0 Å². The van der Waals surface area contributed by atoms with Crippen LogP contribution < -0.4 is 11.5 Å². The van der Waals surface area contributed by atoms with Crippen molar-refractivity contribution in [2.75, 3.05) is 0 Å². The molecule has 0 spiro atoms. The summed E-state index contributed by atoms with van der Waals surface area (Å²) in [7, 11) is 0. The lowest BCUT2D eigenvalue weighted by Gasteiger charge is -2.31. The van der Waals surface area contributed by atoms with Crippen LogP contribution in [0.15, 0.2) is 0 Å². The molecule has 0 rings (SSSR count).